The van der Waals surface area contributed by atoms with Crippen LogP contribution in [0, 0.1) is 10.1 Å². The summed E-state index contributed by atoms with van der Waals surface area (Å²) in [5.41, 5.74) is 0.906. The van der Waals surface area contributed by atoms with Crippen molar-refractivity contribution in [2.75, 3.05) is 24.4 Å². The highest BCUT2D eigenvalue weighted by atomic mass is 35.5. The van der Waals surface area contributed by atoms with E-state index < -0.39 is 4.92 Å². The first-order chi connectivity index (χ1) is 6.65. The number of halogens is 1. The molecule has 4 nitrogen and oxygen atoms in total. The largest absolute Gasteiger partial charge is 0.373 e. The fraction of sp³-hybridized carbons (Fsp3) is 0.333. The molecule has 0 atom stereocenters. The summed E-state index contributed by atoms with van der Waals surface area (Å²) in [5.74, 6) is 0.499. The van der Waals surface area contributed by atoms with Gasteiger partial charge in [-0.25, -0.2) is 0 Å². The first-order valence-electron chi connectivity index (χ1n) is 4.16. The number of nitrogens with zero attached hydrogens (tertiary/aromatic N) is 2. The first kappa shape index (κ1) is 10.8. The third-order valence-corrected chi connectivity index (χ3v) is 2.07. The molecule has 1 rings (SSSR count). The molecule has 14 heavy (non-hydrogen) atoms. The van der Waals surface area contributed by atoms with Crippen molar-refractivity contribution in [2.24, 2.45) is 0 Å². The number of benzene rings is 1. The minimum atomic E-state index is -0.405. The molecule has 0 heterocycles. The van der Waals surface area contributed by atoms with Crippen LogP contribution in [0.5, 0.6) is 0 Å². The molecule has 0 bridgehead atoms. The molecule has 0 aromatic heterocycles. The first-order valence-corrected chi connectivity index (χ1v) is 4.70. The summed E-state index contributed by atoms with van der Waals surface area (Å²) in [6.45, 7) is 0.669. The van der Waals surface area contributed by atoms with Gasteiger partial charge in [0, 0.05) is 37.3 Å². The van der Waals surface area contributed by atoms with Gasteiger partial charge in [0.05, 0.1) is 4.92 Å². The van der Waals surface area contributed by atoms with E-state index in [1.807, 2.05) is 18.0 Å². The highest BCUT2D eigenvalue weighted by Crippen LogP contribution is 2.19. The zero-order valence-electron chi connectivity index (χ0n) is 7.81. The Hall–Kier alpha value is -1.29. The number of rotatable bonds is 4. The fourth-order valence-corrected chi connectivity index (χ4v) is 1.35. The molecule has 0 N–H and O–H groups in total. The Bertz CT molecular complexity index is 330. The van der Waals surface area contributed by atoms with Crippen LogP contribution in [-0.4, -0.2) is 24.4 Å². The molecule has 0 aliphatic rings. The molecular formula is C9H11ClN2O2. The van der Waals surface area contributed by atoms with Crippen LogP contribution >= 0.6 is 11.6 Å². The zero-order valence-corrected chi connectivity index (χ0v) is 8.57. The van der Waals surface area contributed by atoms with Gasteiger partial charge in [-0.15, -0.1) is 11.6 Å². The number of hydrogen-bond donors (Lipinski definition) is 0. The number of anilines is 1. The molecule has 0 amide bonds. The van der Waals surface area contributed by atoms with Crippen molar-refractivity contribution in [1.82, 2.24) is 0 Å². The number of hydrogen-bond acceptors (Lipinski definition) is 3. The van der Waals surface area contributed by atoms with E-state index in [0.717, 1.165) is 5.69 Å². The summed E-state index contributed by atoms with van der Waals surface area (Å²) in [6.07, 6.45) is 0. The van der Waals surface area contributed by atoms with Crippen LogP contribution in [0.25, 0.3) is 0 Å². The van der Waals surface area contributed by atoms with Gasteiger partial charge in [0.2, 0.25) is 0 Å². The van der Waals surface area contributed by atoms with Crippen molar-refractivity contribution >= 4 is 23.0 Å². The van der Waals surface area contributed by atoms with Crippen molar-refractivity contribution < 1.29 is 4.92 Å². The van der Waals surface area contributed by atoms with Crippen molar-refractivity contribution in [2.45, 2.75) is 0 Å². The van der Waals surface area contributed by atoms with Crippen molar-refractivity contribution in [3.05, 3.63) is 34.4 Å². The molecule has 0 spiro atoms. The van der Waals surface area contributed by atoms with Crippen LogP contribution in [0.2, 0.25) is 0 Å². The minimum absolute atomic E-state index is 0.101. The predicted molar refractivity (Wildman–Crippen MR) is 57.1 cm³/mol. The van der Waals surface area contributed by atoms with Crippen LogP contribution < -0.4 is 4.90 Å². The van der Waals surface area contributed by atoms with Gasteiger partial charge < -0.3 is 4.90 Å². The summed E-state index contributed by atoms with van der Waals surface area (Å²) < 4.78 is 0. The van der Waals surface area contributed by atoms with Gasteiger partial charge in [-0.05, 0) is 6.07 Å². The van der Waals surface area contributed by atoms with Crippen LogP contribution in [0.3, 0.4) is 0 Å². The Morgan fingerprint density at radius 2 is 2.29 bits per heavy atom. The molecule has 0 saturated carbocycles. The van der Waals surface area contributed by atoms with E-state index in [9.17, 15) is 10.1 Å². The summed E-state index contributed by atoms with van der Waals surface area (Å²) >= 11 is 5.57. The molecule has 5 heteroatoms. The number of nitro benzene ring substituents is 1. The summed E-state index contributed by atoms with van der Waals surface area (Å²) in [4.78, 5) is 12.0. The van der Waals surface area contributed by atoms with E-state index in [2.05, 4.69) is 0 Å². The van der Waals surface area contributed by atoms with E-state index in [1.165, 1.54) is 12.1 Å². The lowest BCUT2D eigenvalue weighted by Gasteiger charge is -2.16. The van der Waals surface area contributed by atoms with Gasteiger partial charge in [-0.3, -0.25) is 10.1 Å². The molecule has 0 saturated heterocycles. The molecular weight excluding hydrogens is 204 g/mol. The van der Waals surface area contributed by atoms with Crippen molar-refractivity contribution in [3.63, 3.8) is 0 Å². The molecule has 0 aliphatic heterocycles. The normalized spacial score (nSPS) is 9.86. The Balaban J connectivity index is 2.87. The van der Waals surface area contributed by atoms with Gasteiger partial charge >= 0.3 is 0 Å². The standard InChI is InChI=1S/C9H11ClN2O2/c1-11(6-5-10)8-3-2-4-9(7-8)12(13)14/h2-4,7H,5-6H2,1H3. The summed E-state index contributed by atoms with van der Waals surface area (Å²) in [5, 5.41) is 10.5. The summed E-state index contributed by atoms with van der Waals surface area (Å²) in [6, 6.07) is 6.49. The smallest absolute Gasteiger partial charge is 0.271 e. The van der Waals surface area contributed by atoms with Gasteiger partial charge in [0.15, 0.2) is 0 Å². The van der Waals surface area contributed by atoms with Crippen LogP contribution in [0.1, 0.15) is 0 Å². The molecule has 76 valence electrons. The van der Waals surface area contributed by atoms with Crippen molar-refractivity contribution in [3.8, 4) is 0 Å². The van der Waals surface area contributed by atoms with E-state index in [0.29, 0.717) is 12.4 Å². The fourth-order valence-electron chi connectivity index (χ4n) is 1.10. The highest BCUT2D eigenvalue weighted by molar-refractivity contribution is 6.18. The maximum Gasteiger partial charge on any atom is 0.271 e. The average molecular weight is 215 g/mol. The zero-order chi connectivity index (χ0) is 10.6. The molecule has 1 aromatic carbocycles. The summed E-state index contributed by atoms with van der Waals surface area (Å²) in [7, 11) is 1.85. The Morgan fingerprint density at radius 1 is 1.57 bits per heavy atom. The molecule has 0 radical (unpaired) electrons. The lowest BCUT2D eigenvalue weighted by molar-refractivity contribution is -0.384. The van der Waals surface area contributed by atoms with Crippen LogP contribution in [0.15, 0.2) is 24.3 Å². The molecule has 0 unspecified atom stereocenters. The van der Waals surface area contributed by atoms with E-state index in [1.54, 1.807) is 6.07 Å². The maximum absolute atomic E-state index is 10.5. The van der Waals surface area contributed by atoms with Gasteiger partial charge in [0.25, 0.3) is 5.69 Å². The van der Waals surface area contributed by atoms with E-state index in [-0.39, 0.29) is 5.69 Å². The van der Waals surface area contributed by atoms with E-state index >= 15 is 0 Å². The van der Waals surface area contributed by atoms with Crippen molar-refractivity contribution in [1.29, 1.82) is 0 Å². The second-order valence-electron chi connectivity index (χ2n) is 2.89. The van der Waals surface area contributed by atoms with Crippen LogP contribution in [-0.2, 0) is 0 Å². The SMILES string of the molecule is CN(CCCl)c1cccc([N+](=O)[O-])c1. The quantitative estimate of drug-likeness (QED) is 0.439. The van der Waals surface area contributed by atoms with Gasteiger partial charge in [-0.2, -0.15) is 0 Å². The van der Waals surface area contributed by atoms with Gasteiger partial charge in [0.1, 0.15) is 0 Å². The number of nitro groups is 1. The molecule has 0 aliphatic carbocycles. The highest BCUT2D eigenvalue weighted by Gasteiger charge is 2.07. The number of alkyl halides is 1. The lowest BCUT2D eigenvalue weighted by atomic mass is 10.2. The van der Waals surface area contributed by atoms with Gasteiger partial charge in [-0.1, -0.05) is 6.07 Å². The third kappa shape index (κ3) is 2.60. The molecule has 0 fully saturated rings. The van der Waals surface area contributed by atoms with E-state index in [4.69, 9.17) is 11.6 Å². The lowest BCUT2D eigenvalue weighted by Crippen LogP contribution is -2.19. The second kappa shape index (κ2) is 4.81. The Kier molecular flexibility index (Phi) is 3.71. The Labute approximate surface area is 87.2 Å². The second-order valence-corrected chi connectivity index (χ2v) is 3.27. The minimum Gasteiger partial charge on any atom is -0.373 e. The number of non-ortho nitro benzene ring substituents is 1. The maximum atomic E-state index is 10.5. The average Bonchev–Trinajstić information content (AvgIpc) is 2.18. The monoisotopic (exact) mass is 214 g/mol. The topological polar surface area (TPSA) is 46.4 Å². The molecule has 1 aromatic rings. The predicted octanol–water partition coefficient (Wildman–Crippen LogP) is 2.27. The van der Waals surface area contributed by atoms with Crippen LogP contribution in [0.4, 0.5) is 11.4 Å². The Morgan fingerprint density at radius 3 is 2.86 bits per heavy atom. The third-order valence-electron chi connectivity index (χ3n) is 1.90.